The number of benzene rings is 2. The van der Waals surface area contributed by atoms with Gasteiger partial charge in [-0.1, -0.05) is 94.6 Å². The average molecular weight is 658 g/mol. The number of allylic oxidation sites excluding steroid dienone is 4. The summed E-state index contributed by atoms with van der Waals surface area (Å²) < 4.78 is 5.50. The molecule has 0 spiro atoms. The van der Waals surface area contributed by atoms with Crippen LogP contribution < -0.4 is 4.74 Å². The molecule has 5 heteroatoms. The van der Waals surface area contributed by atoms with Crippen molar-refractivity contribution in [3.8, 4) is 5.75 Å². The van der Waals surface area contributed by atoms with Crippen LogP contribution in [-0.2, 0) is 13.1 Å². The minimum absolute atomic E-state index is 0.664. The van der Waals surface area contributed by atoms with Crippen molar-refractivity contribution < 1.29 is 4.74 Å². The van der Waals surface area contributed by atoms with Crippen molar-refractivity contribution in [2.75, 3.05) is 33.3 Å². The number of methoxy groups -OCH3 is 1. The van der Waals surface area contributed by atoms with Gasteiger partial charge in [-0.2, -0.15) is 0 Å². The lowest BCUT2D eigenvalue weighted by Crippen LogP contribution is -2.34. The number of hydrogen-bond acceptors (Lipinski definition) is 4. The largest absolute Gasteiger partial charge is 0.495 e. The maximum absolute atomic E-state index is 6.69. The van der Waals surface area contributed by atoms with E-state index >= 15 is 0 Å². The van der Waals surface area contributed by atoms with E-state index in [4.69, 9.17) is 22.9 Å². The molecule has 0 N–H and O–H groups in total. The number of nitrogens with zero attached hydrogens (tertiary/aromatic N) is 3. The summed E-state index contributed by atoms with van der Waals surface area (Å²) in [6.45, 7) is 19.7. The topological polar surface area (TPSA) is 19.0 Å². The predicted molar refractivity (Wildman–Crippen MR) is 203 cm³/mol. The van der Waals surface area contributed by atoms with E-state index in [2.05, 4.69) is 90.9 Å². The number of unbranched alkanes of at least 4 members (excludes halogenated alkanes) is 1. The van der Waals surface area contributed by atoms with Gasteiger partial charge in [0, 0.05) is 36.7 Å². The van der Waals surface area contributed by atoms with Crippen molar-refractivity contribution in [1.82, 2.24) is 14.7 Å². The Morgan fingerprint density at radius 2 is 1.64 bits per heavy atom. The maximum atomic E-state index is 6.69. The second-order valence-corrected chi connectivity index (χ2v) is 13.9. The average Bonchev–Trinajstić information content (AvgIpc) is 3.05. The highest BCUT2D eigenvalue weighted by atomic mass is 35.5. The van der Waals surface area contributed by atoms with E-state index in [9.17, 15) is 0 Å². The molecule has 0 amide bonds. The zero-order chi connectivity index (χ0) is 33.6. The van der Waals surface area contributed by atoms with Crippen LogP contribution in [0, 0.1) is 0 Å². The molecular formula is C42H60ClN3O. The summed E-state index contributed by atoms with van der Waals surface area (Å²) in [6, 6.07) is 15.4. The van der Waals surface area contributed by atoms with Crippen LogP contribution in [0.5, 0.6) is 5.75 Å². The summed E-state index contributed by atoms with van der Waals surface area (Å²) in [4.78, 5) is 7.74. The summed E-state index contributed by atoms with van der Waals surface area (Å²) in [5.41, 5.74) is 10.7. The highest BCUT2D eigenvalue weighted by Crippen LogP contribution is 2.39. The predicted octanol–water partition coefficient (Wildman–Crippen LogP) is 11.4. The Balaban J connectivity index is 0.00000160. The molecule has 2 aromatic carbocycles. The first kappa shape index (κ1) is 36.9. The molecule has 256 valence electrons. The first-order chi connectivity index (χ1) is 22.9. The van der Waals surface area contributed by atoms with Gasteiger partial charge in [-0.3, -0.25) is 4.90 Å². The van der Waals surface area contributed by atoms with E-state index in [0.717, 1.165) is 76.2 Å². The summed E-state index contributed by atoms with van der Waals surface area (Å²) in [5.74, 6) is 0.721. The molecule has 2 aliphatic carbocycles. The first-order valence-electron chi connectivity index (χ1n) is 18.3. The smallest absolute Gasteiger partial charge is 0.137 e. The van der Waals surface area contributed by atoms with Gasteiger partial charge in [-0.15, -0.1) is 0 Å². The summed E-state index contributed by atoms with van der Waals surface area (Å²) >= 11 is 6.69. The molecule has 0 radical (unpaired) electrons. The van der Waals surface area contributed by atoms with Gasteiger partial charge >= 0.3 is 0 Å². The third-order valence-corrected chi connectivity index (χ3v) is 9.80. The van der Waals surface area contributed by atoms with Crippen LogP contribution in [0.1, 0.15) is 115 Å². The second kappa shape index (κ2) is 19.1. The Bertz CT molecular complexity index is 1390. The first-order valence-corrected chi connectivity index (χ1v) is 18.7. The standard InChI is InChI=1S/C39H52ClN3O.C3H8/c1-5-6-25-42(39(32-18-14-19-32)33-21-22-38(44-4)36(40)26-33)27-31(3)43(37-20-11-8-15-30(37)2)29-35-17-10-9-16-34(35)28-41-23-12-7-13-24-41;1-3-2/h9-10,15-17,20-22,26H,3,5-8,11-14,18-19,23-25,27-29H2,1-2,4H3;3H2,1-2H3. The van der Waals surface area contributed by atoms with Crippen LogP contribution in [0.2, 0.25) is 5.02 Å². The van der Waals surface area contributed by atoms with Crippen LogP contribution in [0.4, 0.5) is 0 Å². The molecule has 1 saturated heterocycles. The lowest BCUT2D eigenvalue weighted by Gasteiger charge is -2.38. The fraction of sp³-hybridized carbons (Fsp3) is 0.524. The Morgan fingerprint density at radius 1 is 0.936 bits per heavy atom. The third kappa shape index (κ3) is 10.3. The molecule has 1 heterocycles. The highest BCUT2D eigenvalue weighted by Gasteiger charge is 2.26. The van der Waals surface area contributed by atoms with Gasteiger partial charge in [0.15, 0.2) is 0 Å². The zero-order valence-electron chi connectivity index (χ0n) is 30.1. The van der Waals surface area contributed by atoms with E-state index < -0.39 is 0 Å². The van der Waals surface area contributed by atoms with Crippen LogP contribution in [0.15, 0.2) is 83.7 Å². The van der Waals surface area contributed by atoms with Gasteiger partial charge in [0.2, 0.25) is 0 Å². The molecule has 2 aromatic rings. The van der Waals surface area contributed by atoms with E-state index in [-0.39, 0.29) is 0 Å². The fourth-order valence-electron chi connectivity index (χ4n) is 6.81. The van der Waals surface area contributed by atoms with Crippen molar-refractivity contribution >= 4 is 17.3 Å². The van der Waals surface area contributed by atoms with Crippen molar-refractivity contribution in [3.05, 3.63) is 105 Å². The Hall–Kier alpha value is -2.95. The SMILES string of the molecule is C=C(CN(CCCC)C(=C1CCC1)c1ccc(OC)c(Cl)c1)N(Cc1ccccc1CN1CCCCC1)C1=CCCC=C1C.CCC. The van der Waals surface area contributed by atoms with Crippen LogP contribution in [0.3, 0.4) is 0 Å². The molecule has 1 saturated carbocycles. The van der Waals surface area contributed by atoms with Crippen LogP contribution in [-0.4, -0.2) is 48.0 Å². The van der Waals surface area contributed by atoms with Gasteiger partial charge in [-0.05, 0) is 117 Å². The van der Waals surface area contributed by atoms with Crippen LogP contribution >= 0.6 is 11.6 Å². The quantitative estimate of drug-likeness (QED) is 0.201. The van der Waals surface area contributed by atoms with Crippen molar-refractivity contribution in [1.29, 1.82) is 0 Å². The normalized spacial score (nSPS) is 16.3. The van der Waals surface area contributed by atoms with Crippen molar-refractivity contribution in [3.63, 3.8) is 0 Å². The molecular weight excluding hydrogens is 598 g/mol. The van der Waals surface area contributed by atoms with Gasteiger partial charge in [0.1, 0.15) is 5.75 Å². The second-order valence-electron chi connectivity index (χ2n) is 13.4. The van der Waals surface area contributed by atoms with Gasteiger partial charge in [0.25, 0.3) is 0 Å². The monoisotopic (exact) mass is 657 g/mol. The van der Waals surface area contributed by atoms with Gasteiger partial charge in [-0.25, -0.2) is 0 Å². The number of rotatable bonds is 14. The number of hydrogen-bond donors (Lipinski definition) is 0. The van der Waals surface area contributed by atoms with Crippen molar-refractivity contribution in [2.45, 2.75) is 111 Å². The molecule has 1 aliphatic heterocycles. The lowest BCUT2D eigenvalue weighted by molar-refractivity contribution is 0.219. The zero-order valence-corrected chi connectivity index (χ0v) is 30.8. The summed E-state index contributed by atoms with van der Waals surface area (Å²) in [6.07, 6.45) is 18.1. The van der Waals surface area contributed by atoms with Gasteiger partial charge in [0.05, 0.1) is 18.7 Å². The van der Waals surface area contributed by atoms with E-state index in [1.165, 1.54) is 84.4 Å². The summed E-state index contributed by atoms with van der Waals surface area (Å²) in [5, 5.41) is 0.664. The Kier molecular flexibility index (Phi) is 15.0. The maximum Gasteiger partial charge on any atom is 0.137 e. The molecule has 3 aliphatic rings. The van der Waals surface area contributed by atoms with E-state index in [0.29, 0.717) is 5.02 Å². The molecule has 4 nitrogen and oxygen atoms in total. The Labute approximate surface area is 291 Å². The molecule has 0 atom stereocenters. The Morgan fingerprint density at radius 3 is 2.26 bits per heavy atom. The minimum atomic E-state index is 0.664. The fourth-order valence-corrected chi connectivity index (χ4v) is 7.07. The number of piperidine rings is 1. The third-order valence-electron chi connectivity index (χ3n) is 9.51. The molecule has 0 aromatic heterocycles. The van der Waals surface area contributed by atoms with E-state index in [1.54, 1.807) is 7.11 Å². The van der Waals surface area contributed by atoms with Crippen molar-refractivity contribution in [2.24, 2.45) is 0 Å². The molecule has 47 heavy (non-hydrogen) atoms. The highest BCUT2D eigenvalue weighted by molar-refractivity contribution is 6.32. The number of likely N-dealkylation sites (tertiary alicyclic amines) is 1. The molecule has 2 fully saturated rings. The van der Waals surface area contributed by atoms with E-state index in [1.807, 2.05) is 6.07 Å². The minimum Gasteiger partial charge on any atom is -0.495 e. The van der Waals surface area contributed by atoms with Crippen LogP contribution in [0.25, 0.3) is 5.70 Å². The molecule has 5 rings (SSSR count). The molecule has 0 unspecified atom stereocenters. The summed E-state index contributed by atoms with van der Waals surface area (Å²) in [7, 11) is 1.68. The lowest BCUT2D eigenvalue weighted by atomic mass is 9.87. The number of halogens is 1. The molecule has 0 bridgehead atoms. The van der Waals surface area contributed by atoms with Gasteiger partial charge < -0.3 is 14.5 Å². The number of ether oxygens (including phenoxy) is 1.